The van der Waals surface area contributed by atoms with Gasteiger partial charge in [-0.2, -0.15) is 0 Å². The molecule has 0 spiro atoms. The van der Waals surface area contributed by atoms with Gasteiger partial charge in [-0.05, 0) is 48.1 Å². The number of esters is 1. The number of rotatable bonds is 23. The van der Waals surface area contributed by atoms with Crippen LogP contribution in [0.4, 0.5) is 4.79 Å². The predicted octanol–water partition coefficient (Wildman–Crippen LogP) is 13.9. The summed E-state index contributed by atoms with van der Waals surface area (Å²) in [5.74, 6) is -0.123. The first-order valence-corrected chi connectivity index (χ1v) is 22.0. The molecule has 5 aromatic carbocycles. The molecule has 0 radical (unpaired) electrons. The maximum absolute atomic E-state index is 13.6. The lowest BCUT2D eigenvalue weighted by Crippen LogP contribution is -2.35. The lowest BCUT2D eigenvalue weighted by Gasteiger charge is -2.36. The van der Waals surface area contributed by atoms with Crippen LogP contribution in [-0.4, -0.2) is 25.2 Å². The molecule has 6 rings (SSSR count). The van der Waals surface area contributed by atoms with Crippen LogP contribution in [0.1, 0.15) is 136 Å². The largest absolute Gasteiger partial charge is 0.449 e. The van der Waals surface area contributed by atoms with Crippen LogP contribution in [0.5, 0.6) is 0 Å². The first-order chi connectivity index (χ1) is 28.5. The first-order valence-electron chi connectivity index (χ1n) is 21.7. The molecule has 1 N–H and O–H groups in total. The summed E-state index contributed by atoms with van der Waals surface area (Å²) in [6.45, 7) is 3.07. The highest BCUT2D eigenvalue weighted by atomic mass is 35.5. The minimum absolute atomic E-state index is 0.0908. The van der Waals surface area contributed by atoms with Crippen molar-refractivity contribution in [3.63, 3.8) is 0 Å². The quantitative estimate of drug-likeness (QED) is 0.0406. The fourth-order valence-electron chi connectivity index (χ4n) is 8.44. The number of nitrogens with one attached hydrogen (secondary N) is 1. The van der Waals surface area contributed by atoms with Gasteiger partial charge < -0.3 is 14.8 Å². The number of carbonyl (C=O) groups is 2. The molecule has 0 fully saturated rings. The topological polar surface area (TPSA) is 64.6 Å². The van der Waals surface area contributed by atoms with Gasteiger partial charge in [0.1, 0.15) is 6.61 Å². The van der Waals surface area contributed by atoms with E-state index < -0.39 is 5.60 Å². The highest BCUT2D eigenvalue weighted by Gasteiger charge is 2.42. The number of carbonyl (C=O) groups excluding carboxylic acids is 2. The molecule has 1 amide bonds. The van der Waals surface area contributed by atoms with E-state index in [9.17, 15) is 9.59 Å². The maximum Gasteiger partial charge on any atom is 0.407 e. The van der Waals surface area contributed by atoms with Crippen molar-refractivity contribution in [3.05, 3.63) is 166 Å². The maximum atomic E-state index is 13.6. The Morgan fingerprint density at radius 3 is 1.64 bits per heavy atom. The number of hydrogen-bond donors (Lipinski definition) is 1. The second-order valence-electron chi connectivity index (χ2n) is 15.8. The summed E-state index contributed by atoms with van der Waals surface area (Å²) in [5.41, 5.74) is 7.46. The lowest BCUT2D eigenvalue weighted by molar-refractivity contribution is -0.153. The Hall–Kier alpha value is -4.87. The van der Waals surface area contributed by atoms with E-state index in [1.165, 1.54) is 80.0 Å². The third-order valence-corrected chi connectivity index (χ3v) is 11.9. The third-order valence-electron chi connectivity index (χ3n) is 11.6. The minimum Gasteiger partial charge on any atom is -0.449 e. The van der Waals surface area contributed by atoms with E-state index in [1.807, 2.05) is 66.7 Å². The summed E-state index contributed by atoms with van der Waals surface area (Å²) in [6.07, 6.45) is 16.5. The van der Waals surface area contributed by atoms with Crippen LogP contribution in [0.25, 0.3) is 11.1 Å². The second-order valence-corrected chi connectivity index (χ2v) is 16.2. The molecule has 5 aromatic rings. The highest BCUT2D eigenvalue weighted by Crippen LogP contribution is 2.45. The molecule has 0 heterocycles. The highest BCUT2D eigenvalue weighted by molar-refractivity contribution is 6.31. The Kier molecular flexibility index (Phi) is 16.4. The molecule has 5 nitrogen and oxygen atoms in total. The molecule has 58 heavy (non-hydrogen) atoms. The molecule has 1 unspecified atom stereocenters. The van der Waals surface area contributed by atoms with E-state index in [2.05, 4.69) is 72.9 Å². The predicted molar refractivity (Wildman–Crippen MR) is 237 cm³/mol. The van der Waals surface area contributed by atoms with Crippen LogP contribution in [0.2, 0.25) is 5.02 Å². The minimum atomic E-state index is -1.14. The SMILES string of the molecule is Cc1ccc(C(OC(=O)CCCCCCCCCCCCCCCCNC(=O)OCC2c3ccccc3-c3ccccc32)(c2ccccc2)c2ccccc2Cl)cc1. The van der Waals surface area contributed by atoms with Crippen LogP contribution in [0, 0.1) is 6.92 Å². The van der Waals surface area contributed by atoms with Crippen molar-refractivity contribution in [2.24, 2.45) is 0 Å². The number of ether oxygens (including phenoxy) is 2. The van der Waals surface area contributed by atoms with Gasteiger partial charge in [0.2, 0.25) is 0 Å². The summed E-state index contributed by atoms with van der Waals surface area (Å²) in [6, 6.07) is 42.6. The van der Waals surface area contributed by atoms with E-state index in [1.54, 1.807) is 0 Å². The van der Waals surface area contributed by atoms with E-state index in [0.29, 0.717) is 24.6 Å². The average molecular weight is 799 g/mol. The van der Waals surface area contributed by atoms with Crippen molar-refractivity contribution in [3.8, 4) is 11.1 Å². The number of benzene rings is 5. The average Bonchev–Trinajstić information content (AvgIpc) is 3.57. The molecule has 304 valence electrons. The molecule has 0 aliphatic heterocycles. The van der Waals surface area contributed by atoms with Gasteiger partial charge in [0.25, 0.3) is 0 Å². The first kappa shape index (κ1) is 42.7. The van der Waals surface area contributed by atoms with Gasteiger partial charge in [-0.15, -0.1) is 0 Å². The van der Waals surface area contributed by atoms with Crippen LogP contribution in [-0.2, 0) is 19.9 Å². The normalized spacial score (nSPS) is 13.0. The van der Waals surface area contributed by atoms with Crippen molar-refractivity contribution in [2.75, 3.05) is 13.2 Å². The Morgan fingerprint density at radius 1 is 0.569 bits per heavy atom. The van der Waals surface area contributed by atoms with Gasteiger partial charge in [-0.1, -0.05) is 216 Å². The van der Waals surface area contributed by atoms with Crippen LogP contribution < -0.4 is 5.32 Å². The Bertz CT molecular complexity index is 1980. The molecule has 1 aliphatic carbocycles. The zero-order valence-electron chi connectivity index (χ0n) is 34.2. The van der Waals surface area contributed by atoms with E-state index in [-0.39, 0.29) is 18.0 Å². The van der Waals surface area contributed by atoms with E-state index in [0.717, 1.165) is 54.4 Å². The fourth-order valence-corrected chi connectivity index (χ4v) is 8.70. The standard InChI is InChI=1S/C52H60ClNO4/c1-40-34-36-42(37-35-40)52(41-25-15-14-16-26-41,48-31-22-23-32-49(48)53)58-50(55)33-17-12-10-8-6-4-2-3-5-7-9-11-13-24-38-54-51(56)57-39-47-45-29-20-18-27-43(45)44-28-19-21-30-46(44)47/h14-16,18-23,25-32,34-37,47H,2-13,17,24,33,38-39H2,1H3,(H,54,56). The van der Waals surface area contributed by atoms with Crippen molar-refractivity contribution in [1.29, 1.82) is 0 Å². The molecular weight excluding hydrogens is 738 g/mol. The number of aryl methyl sites for hydroxylation is 1. The van der Waals surface area contributed by atoms with Crippen LogP contribution >= 0.6 is 11.6 Å². The molecule has 0 saturated heterocycles. The Morgan fingerprint density at radius 2 is 1.05 bits per heavy atom. The number of amides is 1. The summed E-state index contributed by atoms with van der Waals surface area (Å²) in [7, 11) is 0. The van der Waals surface area contributed by atoms with Crippen LogP contribution in [0.15, 0.2) is 127 Å². The Labute approximate surface area is 351 Å². The van der Waals surface area contributed by atoms with Gasteiger partial charge in [0.15, 0.2) is 5.60 Å². The zero-order chi connectivity index (χ0) is 40.4. The van der Waals surface area contributed by atoms with Gasteiger partial charge in [0.05, 0.1) is 0 Å². The zero-order valence-corrected chi connectivity index (χ0v) is 35.0. The lowest BCUT2D eigenvalue weighted by atomic mass is 9.79. The molecule has 6 heteroatoms. The van der Waals surface area contributed by atoms with Crippen molar-refractivity contribution < 1.29 is 19.1 Å². The smallest absolute Gasteiger partial charge is 0.407 e. The van der Waals surface area contributed by atoms with Crippen LogP contribution in [0.3, 0.4) is 0 Å². The summed E-state index contributed by atoms with van der Waals surface area (Å²) < 4.78 is 12.2. The van der Waals surface area contributed by atoms with Crippen molar-refractivity contribution in [2.45, 2.75) is 115 Å². The molecule has 0 bridgehead atoms. The third kappa shape index (κ3) is 11.4. The number of fused-ring (bicyclic) bond motifs is 3. The van der Waals surface area contributed by atoms with Gasteiger partial charge >= 0.3 is 12.1 Å². The molecular formula is C52H60ClNO4. The monoisotopic (exact) mass is 797 g/mol. The number of halogens is 1. The van der Waals surface area contributed by atoms with Gasteiger partial charge in [-0.3, -0.25) is 4.79 Å². The molecule has 0 saturated carbocycles. The molecule has 1 aliphatic rings. The number of unbranched alkanes of at least 4 members (excludes halogenated alkanes) is 13. The summed E-state index contributed by atoms with van der Waals surface area (Å²) in [4.78, 5) is 26.0. The number of hydrogen-bond acceptors (Lipinski definition) is 4. The summed E-state index contributed by atoms with van der Waals surface area (Å²) >= 11 is 6.82. The van der Waals surface area contributed by atoms with Crippen molar-refractivity contribution in [1.82, 2.24) is 5.32 Å². The van der Waals surface area contributed by atoms with E-state index in [4.69, 9.17) is 21.1 Å². The molecule has 0 aromatic heterocycles. The second kappa shape index (κ2) is 22.3. The summed E-state index contributed by atoms with van der Waals surface area (Å²) in [5, 5.41) is 3.51. The number of alkyl carbamates (subject to hydrolysis) is 1. The fraction of sp³-hybridized carbons (Fsp3) is 0.385. The van der Waals surface area contributed by atoms with E-state index >= 15 is 0 Å². The van der Waals surface area contributed by atoms with Gasteiger partial charge in [0, 0.05) is 40.6 Å². The molecule has 1 atom stereocenters. The van der Waals surface area contributed by atoms with Gasteiger partial charge in [-0.25, -0.2) is 4.79 Å². The Balaban J connectivity index is 0.785. The van der Waals surface area contributed by atoms with Crippen molar-refractivity contribution >= 4 is 23.7 Å².